The number of benzene rings is 1. The Morgan fingerprint density at radius 3 is 2.63 bits per heavy atom. The highest BCUT2D eigenvalue weighted by Gasteiger charge is 2.28. The third kappa shape index (κ3) is 3.06. The molecule has 0 saturated heterocycles. The van der Waals surface area contributed by atoms with E-state index in [9.17, 15) is 0 Å². The van der Waals surface area contributed by atoms with E-state index in [2.05, 4.69) is 50.4 Å². The van der Waals surface area contributed by atoms with Crippen molar-refractivity contribution in [3.8, 4) is 0 Å². The van der Waals surface area contributed by atoms with Gasteiger partial charge in [0.25, 0.3) is 0 Å². The molecule has 0 spiro atoms. The van der Waals surface area contributed by atoms with Gasteiger partial charge in [0, 0.05) is 23.2 Å². The predicted molar refractivity (Wildman–Crippen MR) is 114 cm³/mol. The molecule has 0 unspecified atom stereocenters. The van der Waals surface area contributed by atoms with Gasteiger partial charge in [0.05, 0.1) is 11.4 Å². The smallest absolute Gasteiger partial charge is 0.139 e. The first-order chi connectivity index (χ1) is 13.1. The number of aromatic nitrogens is 1. The predicted octanol–water partition coefficient (Wildman–Crippen LogP) is 5.22. The van der Waals surface area contributed by atoms with E-state index in [1.165, 1.54) is 67.9 Å². The minimum absolute atomic E-state index is 0.778. The largest absolute Gasteiger partial charge is 0.365 e. The van der Waals surface area contributed by atoms with Crippen LogP contribution in [0.25, 0.3) is 10.2 Å². The second-order valence-corrected chi connectivity index (χ2v) is 9.04. The van der Waals surface area contributed by atoms with Crippen LogP contribution in [-0.4, -0.2) is 10.8 Å². The number of fused-ring (bicyclic) bond motifs is 3. The van der Waals surface area contributed by atoms with E-state index in [4.69, 9.17) is 9.98 Å². The van der Waals surface area contributed by atoms with Crippen LogP contribution in [0.4, 0.5) is 0 Å². The Morgan fingerprint density at radius 2 is 1.89 bits per heavy atom. The second-order valence-electron chi connectivity index (χ2n) is 8.04. The molecule has 0 amide bonds. The van der Waals surface area contributed by atoms with Crippen LogP contribution in [0.5, 0.6) is 0 Å². The number of hydrogen-bond donors (Lipinski definition) is 1. The molecular weight excluding hydrogens is 350 g/mol. The van der Waals surface area contributed by atoms with Gasteiger partial charge in [-0.15, -0.1) is 11.3 Å². The first-order valence-corrected chi connectivity index (χ1v) is 10.7. The quantitative estimate of drug-likeness (QED) is 0.678. The number of nitrogens with zero attached hydrogens (tertiary/aromatic N) is 2. The molecule has 1 aliphatic heterocycles. The highest BCUT2D eigenvalue weighted by Crippen LogP contribution is 2.40. The second kappa shape index (κ2) is 6.45. The van der Waals surface area contributed by atoms with Gasteiger partial charge >= 0.3 is 0 Å². The number of nitrogens with one attached hydrogen (secondary N) is 1. The summed E-state index contributed by atoms with van der Waals surface area (Å²) in [5.41, 5.74) is 8.10. The normalized spacial score (nSPS) is 15.9. The van der Waals surface area contributed by atoms with Crippen LogP contribution in [0.1, 0.15) is 51.2 Å². The van der Waals surface area contributed by atoms with Gasteiger partial charge in [-0.25, -0.2) is 4.98 Å². The Kier molecular flexibility index (Phi) is 4.05. The maximum Gasteiger partial charge on any atom is 0.139 e. The van der Waals surface area contributed by atoms with Crippen LogP contribution >= 0.6 is 11.3 Å². The SMILES string of the molecule is Cc1ccc(CNC2=NCc3c2sc2nc(C)c(CC4CC4)c(C)c32)cc1. The molecule has 3 aromatic rings. The molecule has 1 N–H and O–H groups in total. The molecule has 1 aliphatic carbocycles. The van der Waals surface area contributed by atoms with Crippen LogP contribution in [0.2, 0.25) is 0 Å². The maximum absolute atomic E-state index is 4.98. The Labute approximate surface area is 164 Å². The summed E-state index contributed by atoms with van der Waals surface area (Å²) in [6, 6.07) is 8.69. The van der Waals surface area contributed by atoms with Crippen LogP contribution in [0, 0.1) is 26.7 Å². The summed E-state index contributed by atoms with van der Waals surface area (Å²) < 4.78 is 0. The first kappa shape index (κ1) is 16.9. The first-order valence-electron chi connectivity index (χ1n) is 9.86. The number of rotatable bonds is 4. The van der Waals surface area contributed by atoms with Crippen molar-refractivity contribution in [2.45, 2.75) is 53.1 Å². The van der Waals surface area contributed by atoms with E-state index < -0.39 is 0 Å². The molecule has 2 aliphatic rings. The summed E-state index contributed by atoms with van der Waals surface area (Å²) in [5, 5.41) is 4.93. The molecule has 3 heterocycles. The Balaban J connectivity index is 1.45. The van der Waals surface area contributed by atoms with Gasteiger partial charge in [-0.2, -0.15) is 0 Å². The average Bonchev–Trinajstić information content (AvgIpc) is 3.29. The summed E-state index contributed by atoms with van der Waals surface area (Å²) in [7, 11) is 0. The molecule has 2 aromatic heterocycles. The van der Waals surface area contributed by atoms with E-state index in [1.54, 1.807) is 11.3 Å². The third-order valence-corrected chi connectivity index (χ3v) is 7.04. The van der Waals surface area contributed by atoms with Gasteiger partial charge in [-0.1, -0.05) is 29.8 Å². The van der Waals surface area contributed by atoms with Crippen molar-refractivity contribution in [2.24, 2.45) is 10.9 Å². The summed E-state index contributed by atoms with van der Waals surface area (Å²) in [4.78, 5) is 12.2. The lowest BCUT2D eigenvalue weighted by Crippen LogP contribution is -2.21. The molecule has 5 rings (SSSR count). The average molecular weight is 376 g/mol. The number of hydrogen-bond acceptors (Lipinski definition) is 4. The zero-order valence-corrected chi connectivity index (χ0v) is 17.0. The fourth-order valence-corrected chi connectivity index (χ4v) is 5.35. The number of aliphatic imine (C=N–C) groups is 1. The lowest BCUT2D eigenvalue weighted by molar-refractivity contribution is 0.815. The summed E-state index contributed by atoms with van der Waals surface area (Å²) in [6.45, 7) is 8.18. The molecule has 27 heavy (non-hydrogen) atoms. The van der Waals surface area contributed by atoms with E-state index >= 15 is 0 Å². The van der Waals surface area contributed by atoms with Crippen LogP contribution in [-0.2, 0) is 19.5 Å². The topological polar surface area (TPSA) is 37.3 Å². The third-order valence-electron chi connectivity index (χ3n) is 5.90. The van der Waals surface area contributed by atoms with Crippen molar-refractivity contribution in [1.82, 2.24) is 10.3 Å². The molecule has 138 valence electrons. The molecular formula is C23H25N3S. The monoisotopic (exact) mass is 375 g/mol. The van der Waals surface area contributed by atoms with Gasteiger partial charge in [0.15, 0.2) is 0 Å². The number of pyridine rings is 1. The van der Waals surface area contributed by atoms with Gasteiger partial charge in [0.1, 0.15) is 10.7 Å². The zero-order valence-electron chi connectivity index (χ0n) is 16.2. The lowest BCUT2D eigenvalue weighted by atomic mass is 9.97. The molecule has 3 nitrogen and oxygen atoms in total. The lowest BCUT2D eigenvalue weighted by Gasteiger charge is -2.10. The summed E-state index contributed by atoms with van der Waals surface area (Å²) in [5.74, 6) is 1.92. The van der Waals surface area contributed by atoms with Crippen molar-refractivity contribution >= 4 is 27.4 Å². The van der Waals surface area contributed by atoms with Crippen LogP contribution in [0.3, 0.4) is 0 Å². The van der Waals surface area contributed by atoms with Crippen molar-refractivity contribution in [3.63, 3.8) is 0 Å². The van der Waals surface area contributed by atoms with Gasteiger partial charge in [-0.3, -0.25) is 4.99 Å². The molecule has 1 fully saturated rings. The zero-order chi connectivity index (χ0) is 18.5. The number of amidine groups is 1. The molecule has 0 bridgehead atoms. The molecule has 0 radical (unpaired) electrons. The summed E-state index contributed by atoms with van der Waals surface area (Å²) in [6.07, 6.45) is 3.97. The van der Waals surface area contributed by atoms with Crippen LogP contribution in [0.15, 0.2) is 29.3 Å². The molecule has 1 saturated carbocycles. The Bertz CT molecular complexity index is 1060. The fraction of sp³-hybridized carbons (Fsp3) is 0.391. The van der Waals surface area contributed by atoms with Crippen LogP contribution < -0.4 is 5.32 Å². The minimum Gasteiger partial charge on any atom is -0.365 e. The van der Waals surface area contributed by atoms with E-state index in [1.807, 2.05) is 0 Å². The van der Waals surface area contributed by atoms with E-state index in [0.29, 0.717) is 0 Å². The Hall–Kier alpha value is -2.20. The van der Waals surface area contributed by atoms with Gasteiger partial charge in [0.2, 0.25) is 0 Å². The Morgan fingerprint density at radius 1 is 1.11 bits per heavy atom. The highest BCUT2D eigenvalue weighted by molar-refractivity contribution is 7.20. The number of thiophene rings is 1. The molecule has 0 atom stereocenters. The van der Waals surface area contributed by atoms with Gasteiger partial charge < -0.3 is 5.32 Å². The standard InChI is InChI=1S/C23H25N3S/c1-13-4-6-17(7-5-13)11-24-22-21-19(12-25-22)20-14(2)18(10-16-8-9-16)15(3)26-23(20)27-21/h4-7,16H,8-12H2,1-3H3,(H,24,25). The fourth-order valence-electron chi connectivity index (χ4n) is 4.07. The van der Waals surface area contributed by atoms with Crippen molar-refractivity contribution in [2.75, 3.05) is 0 Å². The van der Waals surface area contributed by atoms with E-state index in [-0.39, 0.29) is 0 Å². The van der Waals surface area contributed by atoms with Crippen molar-refractivity contribution < 1.29 is 0 Å². The highest BCUT2D eigenvalue weighted by atomic mass is 32.1. The van der Waals surface area contributed by atoms with Crippen molar-refractivity contribution in [3.05, 3.63) is 62.7 Å². The molecule has 1 aromatic carbocycles. The number of aryl methyl sites for hydroxylation is 3. The minimum atomic E-state index is 0.778. The molecule has 4 heteroatoms. The summed E-state index contributed by atoms with van der Waals surface area (Å²) >= 11 is 1.80. The van der Waals surface area contributed by atoms with Crippen molar-refractivity contribution in [1.29, 1.82) is 0 Å². The van der Waals surface area contributed by atoms with Gasteiger partial charge in [-0.05, 0) is 62.6 Å². The van der Waals surface area contributed by atoms with E-state index in [0.717, 1.165) is 24.8 Å². The maximum atomic E-state index is 4.98.